The van der Waals surface area contributed by atoms with Gasteiger partial charge in [-0.25, -0.2) is 0 Å². The summed E-state index contributed by atoms with van der Waals surface area (Å²) in [5.41, 5.74) is 14.1. The summed E-state index contributed by atoms with van der Waals surface area (Å²) in [5.74, 6) is -0.580. The molecule has 0 saturated carbocycles. The second-order valence-electron chi connectivity index (χ2n) is 9.37. The third-order valence-corrected chi connectivity index (χ3v) is 7.01. The quantitative estimate of drug-likeness (QED) is 0.150. The first-order valence-corrected chi connectivity index (χ1v) is 12.7. The summed E-state index contributed by atoms with van der Waals surface area (Å²) >= 11 is 0. The Morgan fingerprint density at radius 1 is 1.05 bits per heavy atom. The minimum Gasteiger partial charge on any atom is -0.497 e. The summed E-state index contributed by atoms with van der Waals surface area (Å²) in [6, 6.07) is 22.5. The van der Waals surface area contributed by atoms with Crippen molar-refractivity contribution in [3.8, 4) is 5.75 Å². The fraction of sp³-hybridized carbons (Fsp3) is 0.233. The molecule has 0 aliphatic carbocycles. The van der Waals surface area contributed by atoms with E-state index in [1.54, 1.807) is 24.1 Å². The highest BCUT2D eigenvalue weighted by molar-refractivity contribution is 5.95. The number of ether oxygens (including phenoxy) is 1. The van der Waals surface area contributed by atoms with E-state index in [1.807, 2.05) is 73.8 Å². The predicted octanol–water partition coefficient (Wildman–Crippen LogP) is 3.16. The normalized spacial score (nSPS) is 12.5. The van der Waals surface area contributed by atoms with Crippen LogP contribution in [0.25, 0.3) is 10.9 Å². The molecule has 4 aromatic rings. The van der Waals surface area contributed by atoms with Crippen molar-refractivity contribution >= 4 is 28.7 Å². The van der Waals surface area contributed by atoms with Gasteiger partial charge in [-0.15, -0.1) is 0 Å². The summed E-state index contributed by atoms with van der Waals surface area (Å²) in [7, 11) is 1.58. The van der Waals surface area contributed by atoms with Crippen molar-refractivity contribution < 1.29 is 14.3 Å². The Bertz CT molecular complexity index is 1480. The van der Waals surface area contributed by atoms with Crippen molar-refractivity contribution in [3.05, 3.63) is 101 Å². The van der Waals surface area contributed by atoms with Crippen LogP contribution in [-0.2, 0) is 21.5 Å². The van der Waals surface area contributed by atoms with Crippen LogP contribution in [0.15, 0.2) is 79.0 Å². The molecule has 9 nitrogen and oxygen atoms in total. The maximum atomic E-state index is 14.0. The van der Waals surface area contributed by atoms with Crippen molar-refractivity contribution in [1.29, 1.82) is 5.41 Å². The number of benzene rings is 3. The monoisotopic (exact) mass is 526 g/mol. The summed E-state index contributed by atoms with van der Waals surface area (Å²) < 4.78 is 5.41. The number of hydrogen-bond donors (Lipinski definition) is 5. The van der Waals surface area contributed by atoms with Gasteiger partial charge in [0.15, 0.2) is 11.5 Å². The number of nitrogens with zero attached hydrogens (tertiary/aromatic N) is 1. The molecule has 7 N–H and O–H groups in total. The van der Waals surface area contributed by atoms with Gasteiger partial charge in [0.2, 0.25) is 5.91 Å². The number of guanidine groups is 1. The topological polar surface area (TPSA) is 150 Å². The van der Waals surface area contributed by atoms with Crippen LogP contribution in [0.5, 0.6) is 5.75 Å². The molecule has 4 rings (SSSR count). The van der Waals surface area contributed by atoms with Crippen molar-refractivity contribution in [3.63, 3.8) is 0 Å². The van der Waals surface area contributed by atoms with Gasteiger partial charge in [-0.1, -0.05) is 54.6 Å². The number of amides is 2. The van der Waals surface area contributed by atoms with Crippen LogP contribution in [0.4, 0.5) is 0 Å². The highest BCUT2D eigenvalue weighted by Gasteiger charge is 2.49. The van der Waals surface area contributed by atoms with Gasteiger partial charge in [-0.2, -0.15) is 0 Å². The van der Waals surface area contributed by atoms with Gasteiger partial charge in [0, 0.05) is 36.6 Å². The zero-order valence-electron chi connectivity index (χ0n) is 22.2. The average Bonchev–Trinajstić information content (AvgIpc) is 3.34. The van der Waals surface area contributed by atoms with Crippen LogP contribution < -0.4 is 21.5 Å². The molecule has 0 bridgehead atoms. The number of methoxy groups -OCH3 is 1. The molecular weight excluding hydrogens is 492 g/mol. The first kappa shape index (κ1) is 27.3. The molecule has 0 fully saturated rings. The average molecular weight is 527 g/mol. The largest absolute Gasteiger partial charge is 0.497 e. The van der Waals surface area contributed by atoms with E-state index in [0.717, 1.165) is 22.0 Å². The lowest BCUT2D eigenvalue weighted by Gasteiger charge is -2.43. The molecule has 0 saturated heterocycles. The highest BCUT2D eigenvalue weighted by Crippen LogP contribution is 2.40. The molecule has 1 unspecified atom stereocenters. The summed E-state index contributed by atoms with van der Waals surface area (Å²) in [6.07, 6.45) is 2.41. The van der Waals surface area contributed by atoms with Crippen LogP contribution in [-0.4, -0.2) is 47.9 Å². The molecule has 1 atom stereocenters. The summed E-state index contributed by atoms with van der Waals surface area (Å²) in [6.45, 7) is 2.23. The number of nitrogens with two attached hydrogens (primary N) is 2. The molecule has 1 aromatic heterocycles. The first-order chi connectivity index (χ1) is 18.8. The number of rotatable bonds is 11. The van der Waals surface area contributed by atoms with E-state index in [1.165, 1.54) is 0 Å². The van der Waals surface area contributed by atoms with E-state index in [9.17, 15) is 9.59 Å². The van der Waals surface area contributed by atoms with Crippen LogP contribution in [0, 0.1) is 12.3 Å². The van der Waals surface area contributed by atoms with Crippen LogP contribution >= 0.6 is 0 Å². The molecule has 9 heteroatoms. The van der Waals surface area contributed by atoms with Crippen LogP contribution in [0.2, 0.25) is 0 Å². The van der Waals surface area contributed by atoms with Gasteiger partial charge in [-0.05, 0) is 53.8 Å². The van der Waals surface area contributed by atoms with Crippen molar-refractivity contribution in [2.24, 2.45) is 11.5 Å². The zero-order chi connectivity index (χ0) is 28.0. The number of H-pyrrole nitrogens is 1. The fourth-order valence-electron chi connectivity index (χ4n) is 5.20. The molecule has 0 spiro atoms. The number of para-hydroxylation sites is 1. The van der Waals surface area contributed by atoms with E-state index in [4.69, 9.17) is 21.6 Å². The molecular formula is C30H34N6O3. The number of fused-ring (bicyclic) bond motifs is 1. The summed E-state index contributed by atoms with van der Waals surface area (Å²) in [4.78, 5) is 32.6. The van der Waals surface area contributed by atoms with E-state index in [2.05, 4.69) is 10.3 Å². The fourth-order valence-corrected chi connectivity index (χ4v) is 5.20. The zero-order valence-corrected chi connectivity index (χ0v) is 22.2. The Morgan fingerprint density at radius 3 is 2.44 bits per heavy atom. The van der Waals surface area contributed by atoms with Crippen LogP contribution in [0.3, 0.4) is 0 Å². The Morgan fingerprint density at radius 2 is 1.77 bits per heavy atom. The van der Waals surface area contributed by atoms with Gasteiger partial charge in [0.05, 0.1) is 7.11 Å². The number of aryl methyl sites for hydroxylation is 1. The molecule has 39 heavy (non-hydrogen) atoms. The molecule has 0 radical (unpaired) electrons. The number of aromatic amines is 1. The van der Waals surface area contributed by atoms with Gasteiger partial charge >= 0.3 is 0 Å². The smallest absolute Gasteiger partial charge is 0.252 e. The van der Waals surface area contributed by atoms with Crippen molar-refractivity contribution in [2.45, 2.75) is 25.3 Å². The Hall–Kier alpha value is -4.79. The second kappa shape index (κ2) is 11.7. The molecule has 2 amide bonds. The molecule has 202 valence electrons. The standard InChI is InChI=1S/C30H34N6O3/c1-20-18-23(39-2)12-13-25(20)30(28(31)38,22-8-4-3-5-9-22)36(27(37)14-16-34-29(32)33)17-15-21-19-35-26-11-7-6-10-24(21)26/h3-13,18-19,35H,14-17H2,1-2H3,(H2,31,38)(H4,32,33,34). The Labute approximate surface area is 227 Å². The van der Waals surface area contributed by atoms with Gasteiger partial charge in [0.1, 0.15) is 5.75 Å². The maximum Gasteiger partial charge on any atom is 0.252 e. The van der Waals surface area contributed by atoms with E-state index >= 15 is 0 Å². The lowest BCUT2D eigenvalue weighted by molar-refractivity contribution is -0.144. The molecule has 0 aliphatic heterocycles. The number of carbonyl (C=O) groups is 2. The Balaban J connectivity index is 1.88. The lowest BCUT2D eigenvalue weighted by Crippen LogP contribution is -2.59. The SMILES string of the molecule is COc1ccc(C(C(N)=O)(c2ccccc2)N(CCc2c[nH]c3ccccc23)C(=O)CCNC(=N)N)c(C)c1. The van der Waals surface area contributed by atoms with E-state index < -0.39 is 11.4 Å². The number of carbonyl (C=O) groups excluding carboxylic acids is 2. The van der Waals surface area contributed by atoms with Gasteiger partial charge < -0.3 is 31.4 Å². The van der Waals surface area contributed by atoms with E-state index in [0.29, 0.717) is 23.3 Å². The molecule has 3 aromatic carbocycles. The Kier molecular flexibility index (Phi) is 8.19. The molecule has 0 aliphatic rings. The second-order valence-corrected chi connectivity index (χ2v) is 9.37. The van der Waals surface area contributed by atoms with E-state index in [-0.39, 0.29) is 31.4 Å². The van der Waals surface area contributed by atoms with Crippen LogP contribution in [0.1, 0.15) is 28.7 Å². The van der Waals surface area contributed by atoms with Gasteiger partial charge in [0.25, 0.3) is 5.91 Å². The highest BCUT2D eigenvalue weighted by atomic mass is 16.5. The first-order valence-electron chi connectivity index (χ1n) is 12.7. The number of hydrogen-bond acceptors (Lipinski definition) is 4. The van der Waals surface area contributed by atoms with Gasteiger partial charge in [-0.3, -0.25) is 15.0 Å². The minimum absolute atomic E-state index is 0.00449. The summed E-state index contributed by atoms with van der Waals surface area (Å²) in [5, 5.41) is 11.2. The number of aromatic nitrogens is 1. The van der Waals surface area contributed by atoms with Crippen molar-refractivity contribution in [2.75, 3.05) is 20.2 Å². The number of primary amides is 1. The maximum absolute atomic E-state index is 14.0. The number of nitrogens with one attached hydrogen (secondary N) is 3. The minimum atomic E-state index is -1.60. The third kappa shape index (κ3) is 5.43. The lowest BCUT2D eigenvalue weighted by atomic mass is 9.77. The van der Waals surface area contributed by atoms with Crippen molar-refractivity contribution in [1.82, 2.24) is 15.2 Å². The molecule has 1 heterocycles. The third-order valence-electron chi connectivity index (χ3n) is 7.01. The predicted molar refractivity (Wildman–Crippen MR) is 152 cm³/mol.